The number of nitrogens with one attached hydrogen (secondary N) is 1. The number of aromatic nitrogens is 3. The van der Waals surface area contributed by atoms with Crippen molar-refractivity contribution in [3.05, 3.63) is 12.0 Å². The molecule has 19 heavy (non-hydrogen) atoms. The second-order valence-corrected chi connectivity index (χ2v) is 5.23. The van der Waals surface area contributed by atoms with Gasteiger partial charge in [-0.15, -0.1) is 0 Å². The first-order valence-electron chi connectivity index (χ1n) is 6.13. The molecule has 102 valence electrons. The maximum atomic E-state index is 10.7. The van der Waals surface area contributed by atoms with Gasteiger partial charge in [0.1, 0.15) is 17.0 Å². The standard InChI is InChI=1S/C12H16N4O2S/c1-7(12(17)18)4-3-5-13-10-9-8(2)16-19-11(9)15-6-14-10/h6-7H,3-5H2,1-2H3,(H,17,18)(H,13,14,15). The Hall–Kier alpha value is -1.76. The minimum absolute atomic E-state index is 0.309. The van der Waals surface area contributed by atoms with Crippen LogP contribution in [0.25, 0.3) is 10.2 Å². The van der Waals surface area contributed by atoms with Crippen LogP contribution < -0.4 is 5.32 Å². The van der Waals surface area contributed by atoms with Crippen LogP contribution in [0.1, 0.15) is 25.5 Å². The summed E-state index contributed by atoms with van der Waals surface area (Å²) >= 11 is 1.36. The highest BCUT2D eigenvalue weighted by Crippen LogP contribution is 2.25. The molecule has 2 heterocycles. The Morgan fingerprint density at radius 3 is 3.05 bits per heavy atom. The topological polar surface area (TPSA) is 88.0 Å². The van der Waals surface area contributed by atoms with E-state index in [1.54, 1.807) is 6.92 Å². The SMILES string of the molecule is Cc1nsc2ncnc(NCCCC(C)C(=O)O)c12. The van der Waals surface area contributed by atoms with Crippen molar-refractivity contribution >= 4 is 33.5 Å². The summed E-state index contributed by atoms with van der Waals surface area (Å²) in [5, 5.41) is 13.0. The molecule has 0 aliphatic carbocycles. The summed E-state index contributed by atoms with van der Waals surface area (Å²) in [6.07, 6.45) is 2.95. The largest absolute Gasteiger partial charge is 0.481 e. The molecular formula is C12H16N4O2S. The molecule has 7 heteroatoms. The van der Waals surface area contributed by atoms with Crippen LogP contribution in [-0.2, 0) is 4.79 Å². The maximum absolute atomic E-state index is 10.7. The lowest BCUT2D eigenvalue weighted by Crippen LogP contribution is -2.12. The quantitative estimate of drug-likeness (QED) is 0.789. The molecule has 0 aliphatic rings. The summed E-state index contributed by atoms with van der Waals surface area (Å²) in [5.41, 5.74) is 0.919. The number of carboxylic acids is 1. The van der Waals surface area contributed by atoms with E-state index in [1.165, 1.54) is 17.9 Å². The number of fused-ring (bicyclic) bond motifs is 1. The number of anilines is 1. The first kappa shape index (κ1) is 13.7. The van der Waals surface area contributed by atoms with E-state index >= 15 is 0 Å². The fraction of sp³-hybridized carbons (Fsp3) is 0.500. The molecule has 1 atom stereocenters. The van der Waals surface area contributed by atoms with Crippen molar-refractivity contribution < 1.29 is 9.90 Å². The second-order valence-electron chi connectivity index (χ2n) is 4.48. The number of carboxylic acid groups (broad SMARTS) is 1. The molecule has 0 aromatic carbocycles. The van der Waals surface area contributed by atoms with Crippen molar-refractivity contribution in [3.8, 4) is 0 Å². The Morgan fingerprint density at radius 2 is 2.32 bits per heavy atom. The zero-order chi connectivity index (χ0) is 13.8. The number of aryl methyl sites for hydroxylation is 1. The van der Waals surface area contributed by atoms with Gasteiger partial charge in [0.25, 0.3) is 0 Å². The van der Waals surface area contributed by atoms with Gasteiger partial charge >= 0.3 is 5.97 Å². The average molecular weight is 280 g/mol. The van der Waals surface area contributed by atoms with Gasteiger partial charge in [-0.25, -0.2) is 9.97 Å². The monoisotopic (exact) mass is 280 g/mol. The van der Waals surface area contributed by atoms with Crippen LogP contribution in [0.2, 0.25) is 0 Å². The zero-order valence-corrected chi connectivity index (χ0v) is 11.7. The molecule has 1 unspecified atom stereocenters. The van der Waals surface area contributed by atoms with Gasteiger partial charge in [-0.1, -0.05) is 6.92 Å². The first-order chi connectivity index (χ1) is 9.09. The van der Waals surface area contributed by atoms with E-state index in [9.17, 15) is 4.79 Å². The van der Waals surface area contributed by atoms with E-state index < -0.39 is 5.97 Å². The van der Waals surface area contributed by atoms with E-state index in [-0.39, 0.29) is 5.92 Å². The van der Waals surface area contributed by atoms with Crippen LogP contribution in [0.5, 0.6) is 0 Å². The van der Waals surface area contributed by atoms with Gasteiger partial charge in [0.2, 0.25) is 0 Å². The normalized spacial score (nSPS) is 12.5. The lowest BCUT2D eigenvalue weighted by molar-refractivity contribution is -0.141. The van der Waals surface area contributed by atoms with Gasteiger partial charge in [-0.2, -0.15) is 4.37 Å². The average Bonchev–Trinajstić information content (AvgIpc) is 2.77. The van der Waals surface area contributed by atoms with E-state index in [0.717, 1.165) is 28.1 Å². The lowest BCUT2D eigenvalue weighted by Gasteiger charge is -2.08. The van der Waals surface area contributed by atoms with Gasteiger partial charge in [0.15, 0.2) is 0 Å². The Morgan fingerprint density at radius 1 is 1.53 bits per heavy atom. The third-order valence-electron chi connectivity index (χ3n) is 2.97. The van der Waals surface area contributed by atoms with Crippen molar-refractivity contribution in [1.82, 2.24) is 14.3 Å². The van der Waals surface area contributed by atoms with Gasteiger partial charge in [-0.3, -0.25) is 4.79 Å². The molecule has 6 nitrogen and oxygen atoms in total. The predicted molar refractivity (Wildman–Crippen MR) is 74.5 cm³/mol. The fourth-order valence-corrected chi connectivity index (χ4v) is 2.54. The van der Waals surface area contributed by atoms with Crippen LogP contribution in [0.4, 0.5) is 5.82 Å². The molecule has 2 N–H and O–H groups in total. The summed E-state index contributed by atoms with van der Waals surface area (Å²) in [7, 11) is 0. The molecule has 0 fully saturated rings. The Bertz CT molecular complexity index is 584. The summed E-state index contributed by atoms with van der Waals surface area (Å²) in [5.74, 6) is -0.279. The molecule has 2 aromatic rings. The third-order valence-corrected chi connectivity index (χ3v) is 3.82. The number of carbonyl (C=O) groups is 1. The van der Waals surface area contributed by atoms with Crippen LogP contribution >= 0.6 is 11.5 Å². The molecule has 0 aliphatic heterocycles. The number of nitrogens with zero attached hydrogens (tertiary/aromatic N) is 3. The van der Waals surface area contributed by atoms with E-state index in [2.05, 4.69) is 19.7 Å². The summed E-state index contributed by atoms with van der Waals surface area (Å²) in [6, 6.07) is 0. The smallest absolute Gasteiger partial charge is 0.306 e. The minimum Gasteiger partial charge on any atom is -0.481 e. The summed E-state index contributed by atoms with van der Waals surface area (Å²) in [6.45, 7) is 4.34. The molecule has 0 spiro atoms. The van der Waals surface area contributed by atoms with Crippen LogP contribution in [0, 0.1) is 12.8 Å². The van der Waals surface area contributed by atoms with E-state index in [0.29, 0.717) is 13.0 Å². The van der Waals surface area contributed by atoms with Crippen molar-refractivity contribution in [3.63, 3.8) is 0 Å². The Kier molecular flexibility index (Phi) is 4.26. The molecule has 0 saturated carbocycles. The summed E-state index contributed by atoms with van der Waals surface area (Å²) < 4.78 is 4.26. The Labute approximate surface area is 115 Å². The van der Waals surface area contributed by atoms with E-state index in [1.807, 2.05) is 6.92 Å². The summed E-state index contributed by atoms with van der Waals surface area (Å²) in [4.78, 5) is 20.0. The highest BCUT2D eigenvalue weighted by molar-refractivity contribution is 7.13. The fourth-order valence-electron chi connectivity index (χ4n) is 1.79. The minimum atomic E-state index is -0.748. The van der Waals surface area contributed by atoms with Crippen molar-refractivity contribution in [1.29, 1.82) is 0 Å². The highest BCUT2D eigenvalue weighted by Gasteiger charge is 2.11. The molecule has 2 aromatic heterocycles. The molecule has 0 radical (unpaired) electrons. The van der Waals surface area contributed by atoms with Gasteiger partial charge in [0, 0.05) is 6.54 Å². The molecule has 0 bridgehead atoms. The highest BCUT2D eigenvalue weighted by atomic mass is 32.1. The van der Waals surface area contributed by atoms with Gasteiger partial charge < -0.3 is 10.4 Å². The van der Waals surface area contributed by atoms with Crippen molar-refractivity contribution in [2.45, 2.75) is 26.7 Å². The molecule has 0 saturated heterocycles. The van der Waals surface area contributed by atoms with Crippen LogP contribution in [-0.4, -0.2) is 32.0 Å². The third kappa shape index (κ3) is 3.17. The van der Waals surface area contributed by atoms with Gasteiger partial charge in [-0.05, 0) is 31.3 Å². The number of rotatable bonds is 6. The number of aliphatic carboxylic acids is 1. The Balaban J connectivity index is 1.95. The molecule has 2 rings (SSSR count). The lowest BCUT2D eigenvalue weighted by atomic mass is 10.1. The molecule has 0 amide bonds. The predicted octanol–water partition coefficient (Wildman–Crippen LogP) is 2.31. The maximum Gasteiger partial charge on any atom is 0.306 e. The number of hydrogen-bond donors (Lipinski definition) is 2. The number of hydrogen-bond acceptors (Lipinski definition) is 6. The van der Waals surface area contributed by atoms with Gasteiger partial charge in [0.05, 0.1) is 17.0 Å². The second kappa shape index (κ2) is 5.92. The van der Waals surface area contributed by atoms with Crippen LogP contribution in [0.15, 0.2) is 6.33 Å². The first-order valence-corrected chi connectivity index (χ1v) is 6.90. The van der Waals surface area contributed by atoms with Crippen LogP contribution in [0.3, 0.4) is 0 Å². The zero-order valence-electron chi connectivity index (χ0n) is 10.9. The van der Waals surface area contributed by atoms with Crippen molar-refractivity contribution in [2.24, 2.45) is 5.92 Å². The van der Waals surface area contributed by atoms with Crippen molar-refractivity contribution in [2.75, 3.05) is 11.9 Å². The molecular weight excluding hydrogens is 264 g/mol. The van der Waals surface area contributed by atoms with E-state index in [4.69, 9.17) is 5.11 Å².